The second kappa shape index (κ2) is 9.45. The van der Waals surface area contributed by atoms with Crippen LogP contribution in [-0.4, -0.2) is 15.0 Å². The van der Waals surface area contributed by atoms with Crippen molar-refractivity contribution in [2.24, 2.45) is 0 Å². The highest BCUT2D eigenvalue weighted by Crippen LogP contribution is 2.17. The molecular weight excluding hydrogens is 497 g/mol. The van der Waals surface area contributed by atoms with Crippen molar-refractivity contribution in [2.75, 3.05) is 0 Å². The van der Waals surface area contributed by atoms with Crippen LogP contribution < -0.4 is 17.3 Å². The zero-order valence-corrected chi connectivity index (χ0v) is 18.5. The smallest absolute Gasteiger partial charge is 0.408 e. The molecule has 0 aliphatic heterocycles. The maximum absolute atomic E-state index is 10.6. The van der Waals surface area contributed by atoms with E-state index < -0.39 is 17.3 Å². The first-order valence-corrected chi connectivity index (χ1v) is 10.3. The molecule has 0 bridgehead atoms. The van der Waals surface area contributed by atoms with Gasteiger partial charge < -0.3 is 13.3 Å². The second-order valence-corrected chi connectivity index (χ2v) is 7.77. The van der Waals surface area contributed by atoms with Crippen LogP contribution in [0.5, 0.6) is 0 Å². The number of hydrogen-bond acceptors (Lipinski definition) is 6. The minimum atomic E-state index is -0.456. The van der Waals surface area contributed by atoms with Crippen molar-refractivity contribution >= 4 is 68.1 Å². The third-order valence-electron chi connectivity index (χ3n) is 4.14. The van der Waals surface area contributed by atoms with Gasteiger partial charge in [0.15, 0.2) is 16.7 Å². The Morgan fingerprint density at radius 3 is 1.03 bits per heavy atom. The summed E-state index contributed by atoms with van der Waals surface area (Å²) in [6.45, 7) is 0. The summed E-state index contributed by atoms with van der Waals surface area (Å²) < 4.78 is 14.3. The minimum absolute atomic E-state index is 0.456. The van der Waals surface area contributed by atoms with Crippen molar-refractivity contribution in [2.45, 2.75) is 0 Å². The van der Waals surface area contributed by atoms with Crippen molar-refractivity contribution in [1.82, 2.24) is 15.0 Å². The van der Waals surface area contributed by atoms with Crippen LogP contribution in [0.3, 0.4) is 0 Å². The largest absolute Gasteiger partial charge is 0.417 e. The Morgan fingerprint density at radius 1 is 0.485 bits per heavy atom. The zero-order chi connectivity index (χ0) is 23.5. The lowest BCUT2D eigenvalue weighted by Crippen LogP contribution is -1.92. The number of aromatic nitrogens is 3. The molecule has 6 aromatic rings. The Hall–Kier alpha value is -3.66. The Labute approximate surface area is 197 Å². The number of oxazole rings is 3. The number of halogens is 3. The number of rotatable bonds is 0. The van der Waals surface area contributed by atoms with Crippen LogP contribution >= 0.6 is 34.8 Å². The average molecular weight is 509 g/mol. The van der Waals surface area contributed by atoms with Gasteiger partial charge in [-0.1, -0.05) is 34.8 Å². The van der Waals surface area contributed by atoms with Gasteiger partial charge in [0, 0.05) is 15.1 Å². The number of aromatic amines is 3. The number of fused-ring (bicyclic) bond motifs is 3. The molecule has 3 N–H and O–H groups in total. The first-order valence-electron chi connectivity index (χ1n) is 9.12. The summed E-state index contributed by atoms with van der Waals surface area (Å²) in [6.07, 6.45) is 0. The van der Waals surface area contributed by atoms with Crippen LogP contribution in [0, 0.1) is 0 Å². The molecule has 168 valence electrons. The highest BCUT2D eigenvalue weighted by Gasteiger charge is 2.01. The monoisotopic (exact) mass is 507 g/mol. The summed E-state index contributed by atoms with van der Waals surface area (Å²) in [5, 5.41) is 1.73. The van der Waals surface area contributed by atoms with Crippen LogP contribution in [-0.2, 0) is 0 Å². The maximum atomic E-state index is 10.6. The molecule has 0 saturated heterocycles. The van der Waals surface area contributed by atoms with Gasteiger partial charge in [-0.15, -0.1) is 0 Å². The fraction of sp³-hybridized carbons (Fsp3) is 0. The van der Waals surface area contributed by atoms with Gasteiger partial charge >= 0.3 is 17.3 Å². The summed E-state index contributed by atoms with van der Waals surface area (Å²) in [5.41, 5.74) is 3.46. The number of H-pyrrole nitrogens is 3. The summed E-state index contributed by atoms with van der Waals surface area (Å²) in [7, 11) is 0. The predicted octanol–water partition coefficient (Wildman–Crippen LogP) is 5.32. The van der Waals surface area contributed by atoms with Crippen molar-refractivity contribution in [3.05, 3.63) is 101 Å². The predicted molar refractivity (Wildman–Crippen MR) is 126 cm³/mol. The molecule has 0 amide bonds. The minimum Gasteiger partial charge on any atom is -0.408 e. The van der Waals surface area contributed by atoms with Crippen molar-refractivity contribution in [3.63, 3.8) is 0 Å². The molecule has 0 atom stereocenters. The van der Waals surface area contributed by atoms with Gasteiger partial charge in [0.1, 0.15) is 0 Å². The van der Waals surface area contributed by atoms with E-state index in [1.165, 1.54) is 0 Å². The van der Waals surface area contributed by atoms with Gasteiger partial charge in [-0.2, -0.15) is 0 Å². The van der Waals surface area contributed by atoms with E-state index in [2.05, 4.69) is 15.0 Å². The van der Waals surface area contributed by atoms with Crippen molar-refractivity contribution in [3.8, 4) is 0 Å². The Morgan fingerprint density at radius 2 is 0.758 bits per heavy atom. The van der Waals surface area contributed by atoms with E-state index in [0.29, 0.717) is 48.4 Å². The van der Waals surface area contributed by atoms with E-state index >= 15 is 0 Å². The first kappa shape index (κ1) is 22.5. The quantitative estimate of drug-likeness (QED) is 0.254. The van der Waals surface area contributed by atoms with Gasteiger partial charge in [0.2, 0.25) is 0 Å². The topological polar surface area (TPSA) is 138 Å². The molecule has 0 unspecified atom stereocenters. The summed E-state index contributed by atoms with van der Waals surface area (Å²) in [6, 6.07) is 14.9. The fourth-order valence-corrected chi connectivity index (χ4v) is 3.29. The number of benzene rings is 3. The second-order valence-electron chi connectivity index (χ2n) is 6.47. The Kier molecular flexibility index (Phi) is 6.45. The van der Waals surface area contributed by atoms with E-state index in [4.69, 9.17) is 48.1 Å². The lowest BCUT2D eigenvalue weighted by Gasteiger charge is -1.86. The maximum Gasteiger partial charge on any atom is 0.417 e. The Bertz CT molecular complexity index is 1530. The molecule has 0 fully saturated rings. The van der Waals surface area contributed by atoms with E-state index in [1.807, 2.05) is 0 Å². The van der Waals surface area contributed by atoms with Crippen molar-refractivity contribution in [1.29, 1.82) is 0 Å². The van der Waals surface area contributed by atoms with Crippen molar-refractivity contribution < 1.29 is 13.3 Å². The third-order valence-corrected chi connectivity index (χ3v) is 4.85. The summed E-state index contributed by atoms with van der Waals surface area (Å²) in [4.78, 5) is 39.4. The third kappa shape index (κ3) is 5.58. The highest BCUT2D eigenvalue weighted by molar-refractivity contribution is 6.31. The first-order chi connectivity index (χ1) is 15.8. The lowest BCUT2D eigenvalue weighted by molar-refractivity contribution is 0.555. The Balaban J connectivity index is 0.000000118. The molecule has 0 spiro atoms. The average Bonchev–Trinajstić information content (AvgIpc) is 3.41. The van der Waals surface area contributed by atoms with E-state index in [0.717, 1.165) is 0 Å². The van der Waals surface area contributed by atoms with Crippen LogP contribution in [0.1, 0.15) is 0 Å². The lowest BCUT2D eigenvalue weighted by atomic mass is 10.3. The normalized spacial score (nSPS) is 10.6. The van der Waals surface area contributed by atoms with Crippen LogP contribution in [0.25, 0.3) is 33.3 Å². The molecule has 3 aromatic heterocycles. The molecule has 12 heteroatoms. The molecule has 0 saturated carbocycles. The van der Waals surface area contributed by atoms with Gasteiger partial charge in [-0.05, 0) is 54.6 Å². The molecule has 0 aliphatic carbocycles. The van der Waals surface area contributed by atoms with E-state index in [1.54, 1.807) is 54.6 Å². The van der Waals surface area contributed by atoms with Crippen LogP contribution in [0.4, 0.5) is 0 Å². The van der Waals surface area contributed by atoms with Gasteiger partial charge in [0.05, 0.1) is 16.6 Å². The van der Waals surface area contributed by atoms with Gasteiger partial charge in [-0.25, -0.2) is 14.4 Å². The highest BCUT2D eigenvalue weighted by atomic mass is 35.5. The summed E-state index contributed by atoms with van der Waals surface area (Å²) in [5.74, 6) is -1.37. The van der Waals surface area contributed by atoms with Gasteiger partial charge in [-0.3, -0.25) is 15.0 Å². The number of hydrogen-bond donors (Lipinski definition) is 3. The molecule has 6 rings (SSSR count). The van der Waals surface area contributed by atoms with Gasteiger partial charge in [0.25, 0.3) is 0 Å². The van der Waals surface area contributed by atoms with Crippen LogP contribution in [0.2, 0.25) is 15.1 Å². The fourth-order valence-electron chi connectivity index (χ4n) is 2.77. The molecule has 0 radical (unpaired) electrons. The molecule has 0 aliphatic rings. The van der Waals surface area contributed by atoms with E-state index in [-0.39, 0.29) is 0 Å². The molecule has 9 nitrogen and oxygen atoms in total. The standard InChI is InChI=1S/3C7H4ClNO2/c3*8-4-1-2-6-5(3-4)9-7(10)11-6/h3*1-3H,(H,9,10). The molecule has 3 aromatic carbocycles. The molecule has 3 heterocycles. The number of nitrogens with one attached hydrogen (secondary N) is 3. The SMILES string of the molecule is O=c1[nH]c2cc(Cl)ccc2o1.O=c1[nH]c2cc(Cl)ccc2o1.O=c1[nH]c2cc(Cl)ccc2o1. The summed E-state index contributed by atoms with van der Waals surface area (Å²) >= 11 is 17.0. The zero-order valence-electron chi connectivity index (χ0n) is 16.3. The molecular formula is C21H12Cl3N3O6. The van der Waals surface area contributed by atoms with E-state index in [9.17, 15) is 14.4 Å². The van der Waals surface area contributed by atoms with Crippen LogP contribution in [0.15, 0.2) is 82.2 Å². The molecule has 33 heavy (non-hydrogen) atoms.